The van der Waals surface area contributed by atoms with Crippen molar-refractivity contribution < 1.29 is 9.18 Å². The van der Waals surface area contributed by atoms with Crippen molar-refractivity contribution in [2.75, 3.05) is 11.6 Å². The molecule has 0 saturated heterocycles. The number of anilines is 1. The maximum atomic E-state index is 14.6. The third kappa shape index (κ3) is 4.80. The normalized spacial score (nSPS) is 10.8. The molecule has 1 aromatic heterocycles. The summed E-state index contributed by atoms with van der Waals surface area (Å²) in [6.07, 6.45) is 3.59. The van der Waals surface area contributed by atoms with Gasteiger partial charge in [-0.2, -0.15) is 0 Å². The van der Waals surface area contributed by atoms with E-state index >= 15 is 0 Å². The fraction of sp³-hybridized carbons (Fsp3) is 0.0400. The van der Waals surface area contributed by atoms with Crippen LogP contribution in [0.25, 0.3) is 22.4 Å². The average molecular weight is 483 g/mol. The van der Waals surface area contributed by atoms with Gasteiger partial charge in [0, 0.05) is 38.5 Å². The third-order valence-electron chi connectivity index (χ3n) is 4.86. The van der Waals surface area contributed by atoms with Crippen LogP contribution in [0.15, 0.2) is 83.9 Å². The molecule has 32 heavy (non-hydrogen) atoms. The molecule has 7 heteroatoms. The van der Waals surface area contributed by atoms with Crippen LogP contribution in [0.4, 0.5) is 10.1 Å². The summed E-state index contributed by atoms with van der Waals surface area (Å²) in [5.41, 5.74) is 3.01. The van der Waals surface area contributed by atoms with Crippen molar-refractivity contribution in [3.63, 3.8) is 0 Å². The molecule has 3 nitrogen and oxygen atoms in total. The van der Waals surface area contributed by atoms with Gasteiger partial charge < -0.3 is 5.32 Å². The van der Waals surface area contributed by atoms with E-state index in [0.717, 1.165) is 4.90 Å². The largest absolute Gasteiger partial charge is 0.322 e. The van der Waals surface area contributed by atoms with Crippen LogP contribution in [0, 0.1) is 5.82 Å². The predicted octanol–water partition coefficient (Wildman–Crippen LogP) is 7.84. The number of nitrogens with zero attached hydrogens (tertiary/aromatic N) is 1. The number of carbonyl (C=O) groups is 1. The highest BCUT2D eigenvalue weighted by molar-refractivity contribution is 7.98. The van der Waals surface area contributed by atoms with E-state index in [4.69, 9.17) is 23.2 Å². The van der Waals surface area contributed by atoms with Crippen LogP contribution in [-0.2, 0) is 0 Å². The number of thioether (sulfide) groups is 1. The van der Waals surface area contributed by atoms with Gasteiger partial charge in [-0.3, -0.25) is 9.78 Å². The second kappa shape index (κ2) is 9.74. The Kier molecular flexibility index (Phi) is 6.80. The summed E-state index contributed by atoms with van der Waals surface area (Å²) in [6.45, 7) is 0. The predicted molar refractivity (Wildman–Crippen MR) is 131 cm³/mol. The fourth-order valence-corrected chi connectivity index (χ4v) is 4.12. The van der Waals surface area contributed by atoms with E-state index in [2.05, 4.69) is 10.3 Å². The highest BCUT2D eigenvalue weighted by Crippen LogP contribution is 2.33. The molecule has 0 atom stereocenters. The Hall–Kier alpha value is -2.86. The molecule has 160 valence electrons. The summed E-state index contributed by atoms with van der Waals surface area (Å²) >= 11 is 14.0. The zero-order valence-corrected chi connectivity index (χ0v) is 19.2. The lowest BCUT2D eigenvalue weighted by Crippen LogP contribution is -2.13. The maximum Gasteiger partial charge on any atom is 0.256 e. The van der Waals surface area contributed by atoms with Crippen LogP contribution in [0.3, 0.4) is 0 Å². The van der Waals surface area contributed by atoms with E-state index < -0.39 is 5.82 Å². The van der Waals surface area contributed by atoms with Crippen molar-refractivity contribution in [3.05, 3.63) is 100 Å². The van der Waals surface area contributed by atoms with Crippen LogP contribution >= 0.6 is 35.0 Å². The first-order valence-corrected chi connectivity index (χ1v) is 11.6. The van der Waals surface area contributed by atoms with E-state index in [1.54, 1.807) is 36.5 Å². The van der Waals surface area contributed by atoms with Crippen LogP contribution in [0.5, 0.6) is 0 Å². The van der Waals surface area contributed by atoms with Gasteiger partial charge in [-0.15, -0.1) is 11.8 Å². The summed E-state index contributed by atoms with van der Waals surface area (Å²) in [5, 5.41) is 3.80. The molecule has 1 heterocycles. The highest BCUT2D eigenvalue weighted by Gasteiger charge is 2.18. The quantitative estimate of drug-likeness (QED) is 0.294. The first-order valence-electron chi connectivity index (χ1n) is 9.62. The smallest absolute Gasteiger partial charge is 0.256 e. The van der Waals surface area contributed by atoms with Crippen molar-refractivity contribution in [1.82, 2.24) is 4.98 Å². The Balaban J connectivity index is 1.73. The lowest BCUT2D eigenvalue weighted by Gasteiger charge is -2.14. The molecule has 0 fully saturated rings. The van der Waals surface area contributed by atoms with Crippen molar-refractivity contribution in [1.29, 1.82) is 0 Å². The maximum absolute atomic E-state index is 14.6. The molecular weight excluding hydrogens is 466 g/mol. The number of aromatic nitrogens is 1. The van der Waals surface area contributed by atoms with Gasteiger partial charge in [-0.25, -0.2) is 4.39 Å². The molecule has 0 aliphatic rings. The number of hydrogen-bond acceptors (Lipinski definition) is 3. The molecule has 1 amide bonds. The lowest BCUT2D eigenvalue weighted by atomic mass is 9.98. The number of amides is 1. The molecule has 0 saturated carbocycles. The molecule has 0 bridgehead atoms. The summed E-state index contributed by atoms with van der Waals surface area (Å²) < 4.78 is 14.6. The topological polar surface area (TPSA) is 42.0 Å². The summed E-state index contributed by atoms with van der Waals surface area (Å²) in [7, 11) is 0. The van der Waals surface area contributed by atoms with Crippen LogP contribution in [-0.4, -0.2) is 17.1 Å². The molecular formula is C25H17Cl2FN2OS. The summed E-state index contributed by atoms with van der Waals surface area (Å²) in [4.78, 5) is 18.4. The number of nitrogens with one attached hydrogen (secondary N) is 1. The molecule has 0 spiro atoms. The van der Waals surface area contributed by atoms with Crippen LogP contribution in [0.1, 0.15) is 10.4 Å². The van der Waals surface area contributed by atoms with Gasteiger partial charge in [0.2, 0.25) is 0 Å². The third-order valence-corrected chi connectivity index (χ3v) is 6.15. The number of benzene rings is 3. The molecule has 4 aromatic rings. The van der Waals surface area contributed by atoms with Crippen molar-refractivity contribution >= 4 is 46.6 Å². The molecule has 3 aromatic carbocycles. The van der Waals surface area contributed by atoms with Gasteiger partial charge in [0.15, 0.2) is 0 Å². The second-order valence-electron chi connectivity index (χ2n) is 6.90. The number of hydrogen-bond donors (Lipinski definition) is 1. The van der Waals surface area contributed by atoms with Gasteiger partial charge in [-0.05, 0) is 78.5 Å². The van der Waals surface area contributed by atoms with E-state index in [-0.39, 0.29) is 11.5 Å². The molecule has 0 aliphatic heterocycles. The van der Waals surface area contributed by atoms with Gasteiger partial charge in [-0.1, -0.05) is 29.3 Å². The molecule has 1 N–H and O–H groups in total. The molecule has 4 rings (SSSR count). The van der Waals surface area contributed by atoms with Crippen molar-refractivity contribution in [2.45, 2.75) is 4.90 Å². The minimum atomic E-state index is -0.453. The zero-order chi connectivity index (χ0) is 22.7. The average Bonchev–Trinajstić information content (AvgIpc) is 2.82. The first-order chi connectivity index (χ1) is 15.5. The van der Waals surface area contributed by atoms with Gasteiger partial charge in [0.25, 0.3) is 5.91 Å². The minimum absolute atomic E-state index is 0.267. The number of rotatable bonds is 5. The van der Waals surface area contributed by atoms with Crippen LogP contribution < -0.4 is 5.32 Å². The fourth-order valence-electron chi connectivity index (χ4n) is 3.29. The monoisotopic (exact) mass is 482 g/mol. The second-order valence-corrected chi connectivity index (χ2v) is 8.62. The SMILES string of the molecule is CSc1ccc(C(=O)Nc2ccc(Cl)c(-c3ccccn3)c2)c(-c2cc(Cl)ccc2F)c1. The van der Waals surface area contributed by atoms with Gasteiger partial charge in [0.1, 0.15) is 5.82 Å². The van der Waals surface area contributed by atoms with E-state index in [1.807, 2.05) is 30.5 Å². The number of carbonyl (C=O) groups excluding carboxylic acids is 1. The summed E-state index contributed by atoms with van der Waals surface area (Å²) in [6, 6.07) is 20.3. The Morgan fingerprint density at radius 2 is 1.78 bits per heavy atom. The lowest BCUT2D eigenvalue weighted by molar-refractivity contribution is 0.102. The minimum Gasteiger partial charge on any atom is -0.322 e. The number of pyridine rings is 1. The Morgan fingerprint density at radius 1 is 0.938 bits per heavy atom. The summed E-state index contributed by atoms with van der Waals surface area (Å²) in [5.74, 6) is -0.827. The zero-order valence-electron chi connectivity index (χ0n) is 16.9. The Bertz CT molecular complexity index is 1300. The Morgan fingerprint density at radius 3 is 2.53 bits per heavy atom. The number of halogens is 3. The van der Waals surface area contributed by atoms with Gasteiger partial charge in [0.05, 0.1) is 10.7 Å². The van der Waals surface area contributed by atoms with E-state index in [1.165, 1.54) is 30.0 Å². The van der Waals surface area contributed by atoms with Crippen LogP contribution in [0.2, 0.25) is 10.0 Å². The molecule has 0 radical (unpaired) electrons. The highest BCUT2D eigenvalue weighted by atomic mass is 35.5. The first kappa shape index (κ1) is 22.3. The van der Waals surface area contributed by atoms with E-state index in [9.17, 15) is 9.18 Å². The molecule has 0 aliphatic carbocycles. The van der Waals surface area contributed by atoms with E-state index in [0.29, 0.717) is 38.1 Å². The van der Waals surface area contributed by atoms with Gasteiger partial charge >= 0.3 is 0 Å². The Labute approximate surface area is 199 Å². The van der Waals surface area contributed by atoms with Crippen molar-refractivity contribution in [2.24, 2.45) is 0 Å². The molecule has 0 unspecified atom stereocenters. The standard InChI is InChI=1S/C25H17Cl2FN2OS/c1-32-17-7-8-18(19(14-17)20-12-15(26)5-10-23(20)28)25(31)30-16-6-9-22(27)21(13-16)24-4-2-3-11-29-24/h2-14H,1H3,(H,30,31). The van der Waals surface area contributed by atoms with Crippen molar-refractivity contribution in [3.8, 4) is 22.4 Å².